The van der Waals surface area contributed by atoms with E-state index < -0.39 is 119 Å². The number of imidazole rings is 2. The van der Waals surface area contributed by atoms with Crippen molar-refractivity contribution in [2.75, 3.05) is 51.7 Å². The number of aliphatic imine (C=N–C) groups is 1. The van der Waals surface area contributed by atoms with Gasteiger partial charge in [-0.15, -0.1) is 0 Å². The van der Waals surface area contributed by atoms with E-state index >= 15 is 0 Å². The molecule has 13 atom stereocenters. The van der Waals surface area contributed by atoms with E-state index in [4.69, 9.17) is 48.1 Å². The predicted molar refractivity (Wildman–Crippen MR) is 203 cm³/mol. The highest BCUT2D eigenvalue weighted by molar-refractivity contribution is 7.47. The molecule has 0 radical (unpaired) electrons. The van der Waals surface area contributed by atoms with Gasteiger partial charge in [-0.3, -0.25) is 46.1 Å². The van der Waals surface area contributed by atoms with Crippen LogP contribution in [-0.2, 0) is 78.0 Å². The number of hydrogen-bond acceptors (Lipinski definition) is 25. The molecule has 32 nitrogen and oxygen atoms in total. The summed E-state index contributed by atoms with van der Waals surface area (Å²) in [6.45, 7) is -4.32. The standard InChI is InChI=1S/C28H46N10O22P4/c1-35-11-37(22-18(35)24(41)33-27(29)31-22)17-6-5-13(57-17)7-53-63(47,48)54-8-14(59-61(43,44)51-3)15(60-62(45,46)52-4)9-55-64(49,50)56-10-16-20(39)21(40)26(58-16)38-12-36(2)19-23(38)32-28(30)34-25(19)42/h11-17,20-21,24,26,39-41H,5-10H2,1-4H3,(H8-2,29,30,31,32,33,34,42,43,44,45,46,47,48,49,50)/t13-,14?,15+,16+,17+,20+,21+,24?,26+/m0/s1. The molecular formula is C28H46N10O22P4. The average Bonchev–Trinajstić information content (AvgIpc) is 3.97. The molecule has 0 aliphatic carbocycles. The van der Waals surface area contributed by atoms with Crippen LogP contribution in [0.4, 0.5) is 11.8 Å². The number of H-pyrrole nitrogens is 1. The van der Waals surface area contributed by atoms with Crippen LogP contribution in [-0.4, -0.2) is 127 Å². The van der Waals surface area contributed by atoms with Gasteiger partial charge in [-0.05, 0) is 6.42 Å². The van der Waals surface area contributed by atoms with Gasteiger partial charge < -0.3 is 73.9 Å². The van der Waals surface area contributed by atoms with Crippen LogP contribution in [0, 0.1) is 0 Å². The van der Waals surface area contributed by atoms with Gasteiger partial charge in [-0.1, -0.05) is 4.98 Å². The molecule has 64 heavy (non-hydrogen) atoms. The highest BCUT2D eigenvalue weighted by atomic mass is 31.2. The van der Waals surface area contributed by atoms with Crippen molar-refractivity contribution in [3.8, 4) is 0 Å². The number of hydrogen-bond donors (Lipinski definition) is 9. The number of nitrogens with zero attached hydrogens (tertiary/aromatic N) is 6. The molecule has 6 unspecified atom stereocenters. The van der Waals surface area contributed by atoms with Crippen LogP contribution in [0.2, 0.25) is 0 Å². The van der Waals surface area contributed by atoms with Crippen molar-refractivity contribution in [3.05, 3.63) is 28.7 Å². The Morgan fingerprint density at radius 1 is 0.875 bits per heavy atom. The molecule has 6 heterocycles. The second kappa shape index (κ2) is 19.6. The lowest BCUT2D eigenvalue weighted by Gasteiger charge is -2.34. The lowest BCUT2D eigenvalue weighted by molar-refractivity contribution is -0.747. The molecule has 0 saturated carbocycles. The van der Waals surface area contributed by atoms with Crippen LogP contribution in [0.25, 0.3) is 11.2 Å². The van der Waals surface area contributed by atoms with Crippen molar-refractivity contribution in [2.24, 2.45) is 24.8 Å². The number of nitrogen functional groups attached to an aromatic ring is 1. The van der Waals surface area contributed by atoms with Gasteiger partial charge in [-0.2, -0.15) is 4.99 Å². The van der Waals surface area contributed by atoms with E-state index in [9.17, 15) is 57.9 Å². The molecule has 2 fully saturated rings. The first-order chi connectivity index (χ1) is 29.8. The summed E-state index contributed by atoms with van der Waals surface area (Å²) in [5.41, 5.74) is 11.1. The Balaban J connectivity index is 1.09. The normalized spacial score (nSPS) is 28.4. The van der Waals surface area contributed by atoms with Crippen LogP contribution >= 0.6 is 31.3 Å². The summed E-state index contributed by atoms with van der Waals surface area (Å²) < 4.78 is 106. The maximum Gasteiger partial charge on any atom is 0.472 e. The molecule has 0 aromatic carbocycles. The van der Waals surface area contributed by atoms with Crippen LogP contribution in [0.15, 0.2) is 22.4 Å². The molecule has 3 aliphatic heterocycles. The van der Waals surface area contributed by atoms with E-state index in [0.29, 0.717) is 32.2 Å². The third-order valence-corrected chi connectivity index (χ3v) is 13.6. The summed E-state index contributed by atoms with van der Waals surface area (Å²) in [7, 11) is -17.0. The zero-order valence-corrected chi connectivity index (χ0v) is 37.5. The van der Waals surface area contributed by atoms with Gasteiger partial charge in [-0.25, -0.2) is 23.6 Å². The Bertz CT molecular complexity index is 2470. The lowest BCUT2D eigenvalue weighted by atomic mass is 10.1. The number of ether oxygens (including phenoxy) is 2. The zero-order valence-electron chi connectivity index (χ0n) is 33.9. The maximum atomic E-state index is 13.1. The number of aliphatic hydroxyl groups is 3. The fraction of sp³-hybridized carbons (Fsp3) is 0.679. The topological polar surface area (TPSA) is 448 Å². The average molecular weight is 999 g/mol. The molecule has 0 bridgehead atoms. The van der Waals surface area contributed by atoms with Crippen molar-refractivity contribution in [3.63, 3.8) is 0 Å². The van der Waals surface area contributed by atoms with Crippen LogP contribution in [0.1, 0.15) is 37.2 Å². The maximum absolute atomic E-state index is 13.1. The molecule has 3 aromatic rings. The minimum atomic E-state index is -5.43. The van der Waals surface area contributed by atoms with E-state index in [-0.39, 0.29) is 29.5 Å². The minimum Gasteiger partial charge on any atom is -0.756 e. The zero-order chi connectivity index (χ0) is 47.1. The van der Waals surface area contributed by atoms with Crippen molar-refractivity contribution in [1.29, 1.82) is 0 Å². The molecule has 2 saturated heterocycles. The van der Waals surface area contributed by atoms with Crippen molar-refractivity contribution in [1.82, 2.24) is 19.1 Å². The number of guanidine groups is 1. The quantitative estimate of drug-likeness (QED) is 0.0360. The number of fused-ring (bicyclic) bond motifs is 2. The first-order valence-electron chi connectivity index (χ1n) is 18.5. The molecule has 36 heteroatoms. The van der Waals surface area contributed by atoms with Gasteiger partial charge in [0.15, 0.2) is 18.9 Å². The molecule has 0 amide bonds. The minimum absolute atomic E-state index is 0.0128. The van der Waals surface area contributed by atoms with E-state index in [1.807, 2.05) is 0 Å². The fourth-order valence-corrected chi connectivity index (χ4v) is 9.49. The summed E-state index contributed by atoms with van der Waals surface area (Å²) in [5.74, 6) is 0.0588. The number of aliphatic hydroxyl groups excluding tert-OH is 3. The Morgan fingerprint density at radius 2 is 1.45 bits per heavy atom. The van der Waals surface area contributed by atoms with E-state index in [0.717, 1.165) is 0 Å². The van der Waals surface area contributed by atoms with Gasteiger partial charge in [0.25, 0.3) is 38.9 Å². The molecule has 0 spiro atoms. The monoisotopic (exact) mass is 998 g/mol. The summed E-state index contributed by atoms with van der Waals surface area (Å²) in [6.07, 6.45) is -10.4. The number of rotatable bonds is 21. The van der Waals surface area contributed by atoms with Crippen molar-refractivity contribution >= 4 is 60.2 Å². The van der Waals surface area contributed by atoms with Gasteiger partial charge in [0.1, 0.15) is 30.5 Å². The number of nitrogens with one attached hydrogen (secondary N) is 2. The Kier molecular flexibility index (Phi) is 15.4. The second-order valence-electron chi connectivity index (χ2n) is 14.1. The number of aromatic nitrogens is 6. The van der Waals surface area contributed by atoms with E-state index in [2.05, 4.69) is 29.3 Å². The molecule has 3 aliphatic rings. The fourth-order valence-electron chi connectivity index (χ4n) is 6.75. The number of phosphoric acid groups is 4. The molecule has 3 aromatic heterocycles. The predicted octanol–water partition coefficient (Wildman–Crippen LogP) is -4.25. The number of phosphoric ester groups is 4. The second-order valence-corrected chi connectivity index (χ2v) is 20.0. The summed E-state index contributed by atoms with van der Waals surface area (Å²) in [4.78, 5) is 68.6. The Labute approximate surface area is 360 Å². The molecule has 6 rings (SSSR count). The molecule has 360 valence electrons. The highest BCUT2D eigenvalue weighted by Gasteiger charge is 2.48. The Morgan fingerprint density at radius 3 is 2.05 bits per heavy atom. The molecular weight excluding hydrogens is 952 g/mol. The SMILES string of the molecule is COP(=O)([O-])OC(COP(=O)(O)OC[C@@H]1CC[C@H]([n+]2cn(C)c3c2NC(N)=NC3O)O1)[C@@H](COP(=O)(O)OC[C@H]1O[C@@H]([n+]2cn(C)c3c(=O)[nH]c(N)nc32)[C@H](O)[C@@H]1O)OP(=O)([O-])OC. The summed E-state index contributed by atoms with van der Waals surface area (Å²) >= 11 is 0. The van der Waals surface area contributed by atoms with Gasteiger partial charge in [0, 0.05) is 20.6 Å². The van der Waals surface area contributed by atoms with Crippen LogP contribution in [0.3, 0.4) is 0 Å². The van der Waals surface area contributed by atoms with Gasteiger partial charge in [0.2, 0.25) is 23.7 Å². The number of nitrogens with two attached hydrogens (primary N) is 2. The van der Waals surface area contributed by atoms with Crippen LogP contribution in [0.5, 0.6) is 0 Å². The number of aryl methyl sites for hydroxylation is 2. The van der Waals surface area contributed by atoms with E-state index in [1.54, 1.807) is 22.5 Å². The third-order valence-electron chi connectivity index (χ3n) is 9.75. The summed E-state index contributed by atoms with van der Waals surface area (Å²) in [5, 5.41) is 34.7. The summed E-state index contributed by atoms with van der Waals surface area (Å²) in [6, 6.07) is 0. The third kappa shape index (κ3) is 11.7. The van der Waals surface area contributed by atoms with Crippen LogP contribution < -0.4 is 41.3 Å². The largest absolute Gasteiger partial charge is 0.756 e. The van der Waals surface area contributed by atoms with Crippen molar-refractivity contribution in [2.45, 2.75) is 68.1 Å². The first kappa shape index (κ1) is 50.3. The first-order valence-corrected chi connectivity index (χ1v) is 24.4. The van der Waals surface area contributed by atoms with E-state index in [1.165, 1.54) is 22.5 Å². The smallest absolute Gasteiger partial charge is 0.472 e. The highest BCUT2D eigenvalue weighted by Crippen LogP contribution is 2.50. The number of anilines is 2. The van der Waals surface area contributed by atoms with Gasteiger partial charge in [0.05, 0.1) is 46.6 Å². The van der Waals surface area contributed by atoms with Crippen molar-refractivity contribution < 1.29 is 108 Å². The molecule has 11 N–H and O–H groups in total. The number of aromatic amines is 1. The van der Waals surface area contributed by atoms with Gasteiger partial charge >= 0.3 is 21.3 Å². The lowest BCUT2D eigenvalue weighted by Crippen LogP contribution is -2.46. The Hall–Kier alpha value is -3.13.